The minimum absolute atomic E-state index is 0.225. The zero-order valence-corrected chi connectivity index (χ0v) is 8.62. The highest BCUT2D eigenvalue weighted by Gasteiger charge is 2.33. The van der Waals surface area contributed by atoms with Crippen molar-refractivity contribution in [1.29, 1.82) is 0 Å². The van der Waals surface area contributed by atoms with Crippen molar-refractivity contribution in [3.8, 4) is 0 Å². The summed E-state index contributed by atoms with van der Waals surface area (Å²) in [7, 11) is 1.87. The Labute approximate surface area is 80.3 Å². The molecule has 0 aromatic carbocycles. The van der Waals surface area contributed by atoms with Crippen LogP contribution in [0.25, 0.3) is 0 Å². The van der Waals surface area contributed by atoms with Gasteiger partial charge in [-0.15, -0.1) is 0 Å². The van der Waals surface area contributed by atoms with Gasteiger partial charge in [0.15, 0.2) is 0 Å². The van der Waals surface area contributed by atoms with Crippen molar-refractivity contribution in [1.82, 2.24) is 4.90 Å². The lowest BCUT2D eigenvalue weighted by Gasteiger charge is -2.20. The van der Waals surface area contributed by atoms with Crippen molar-refractivity contribution in [2.75, 3.05) is 20.1 Å². The predicted octanol–water partition coefficient (Wildman–Crippen LogP) is 0.840. The number of hydrogen-bond acceptors (Lipinski definition) is 2. The van der Waals surface area contributed by atoms with Crippen LogP contribution in [0.3, 0.4) is 0 Å². The van der Waals surface area contributed by atoms with E-state index in [9.17, 15) is 4.79 Å². The summed E-state index contributed by atoms with van der Waals surface area (Å²) < 4.78 is 0. The fourth-order valence-electron chi connectivity index (χ4n) is 1.58. The molecule has 0 heterocycles. The van der Waals surface area contributed by atoms with Gasteiger partial charge in [0.1, 0.15) is 0 Å². The number of hydrogen-bond donors (Lipinski definition) is 1. The van der Waals surface area contributed by atoms with Crippen molar-refractivity contribution in [2.24, 2.45) is 17.6 Å². The fraction of sp³-hybridized carbons (Fsp3) is 0.900. The van der Waals surface area contributed by atoms with E-state index in [-0.39, 0.29) is 11.8 Å². The summed E-state index contributed by atoms with van der Waals surface area (Å²) >= 11 is 0. The van der Waals surface area contributed by atoms with Crippen LogP contribution >= 0.6 is 0 Å². The first-order chi connectivity index (χ1) is 6.16. The van der Waals surface area contributed by atoms with Gasteiger partial charge in [0.25, 0.3) is 0 Å². The molecule has 76 valence electrons. The molecule has 1 aliphatic rings. The molecule has 0 bridgehead atoms. The number of carbonyl (C=O) groups excluding carboxylic acids is 1. The van der Waals surface area contributed by atoms with Crippen molar-refractivity contribution in [3.05, 3.63) is 0 Å². The van der Waals surface area contributed by atoms with E-state index < -0.39 is 0 Å². The average Bonchev–Trinajstić information content (AvgIpc) is 2.94. The second-order valence-electron chi connectivity index (χ2n) is 4.03. The van der Waals surface area contributed by atoms with Gasteiger partial charge in [-0.2, -0.15) is 0 Å². The molecule has 1 aliphatic carbocycles. The summed E-state index contributed by atoms with van der Waals surface area (Å²) in [6, 6.07) is 0. The van der Waals surface area contributed by atoms with Gasteiger partial charge >= 0.3 is 0 Å². The zero-order valence-electron chi connectivity index (χ0n) is 8.62. The van der Waals surface area contributed by atoms with E-state index in [1.807, 2.05) is 18.9 Å². The maximum absolute atomic E-state index is 11.7. The largest absolute Gasteiger partial charge is 0.345 e. The molecule has 0 aromatic heterocycles. The third-order valence-corrected chi connectivity index (χ3v) is 2.79. The fourth-order valence-corrected chi connectivity index (χ4v) is 1.58. The lowest BCUT2D eigenvalue weighted by Crippen LogP contribution is -2.34. The molecule has 0 spiro atoms. The van der Waals surface area contributed by atoms with E-state index >= 15 is 0 Å². The Morgan fingerprint density at radius 1 is 1.62 bits per heavy atom. The molecular formula is C10H20N2O. The second kappa shape index (κ2) is 4.61. The van der Waals surface area contributed by atoms with Crippen LogP contribution in [0.2, 0.25) is 0 Å². The minimum atomic E-state index is 0.225. The molecule has 1 rings (SSSR count). The summed E-state index contributed by atoms with van der Waals surface area (Å²) in [6.45, 7) is 3.50. The summed E-state index contributed by atoms with van der Waals surface area (Å²) in [6.07, 6.45) is 3.37. The summed E-state index contributed by atoms with van der Waals surface area (Å²) in [4.78, 5) is 13.5. The standard InChI is InChI=1S/C10H20N2O/c1-8(9-4-5-9)10(13)12(2)7-3-6-11/h8-9H,3-7,11H2,1-2H3. The van der Waals surface area contributed by atoms with Crippen LogP contribution in [0.4, 0.5) is 0 Å². The molecular weight excluding hydrogens is 164 g/mol. The van der Waals surface area contributed by atoms with Crippen molar-refractivity contribution < 1.29 is 4.79 Å². The highest BCUT2D eigenvalue weighted by molar-refractivity contribution is 5.78. The first-order valence-corrected chi connectivity index (χ1v) is 5.12. The van der Waals surface area contributed by atoms with Gasteiger partial charge in [0.2, 0.25) is 5.91 Å². The molecule has 3 heteroatoms. The van der Waals surface area contributed by atoms with Crippen LogP contribution in [0.15, 0.2) is 0 Å². The maximum atomic E-state index is 11.7. The lowest BCUT2D eigenvalue weighted by molar-refractivity contribution is -0.134. The SMILES string of the molecule is CC(C(=O)N(C)CCCN)C1CC1. The molecule has 13 heavy (non-hydrogen) atoms. The van der Waals surface area contributed by atoms with E-state index in [0.717, 1.165) is 13.0 Å². The van der Waals surface area contributed by atoms with Crippen LogP contribution in [0.5, 0.6) is 0 Å². The van der Waals surface area contributed by atoms with Crippen molar-refractivity contribution >= 4 is 5.91 Å². The molecule has 0 saturated heterocycles. The molecule has 1 fully saturated rings. The van der Waals surface area contributed by atoms with Crippen molar-refractivity contribution in [2.45, 2.75) is 26.2 Å². The number of carbonyl (C=O) groups is 1. The molecule has 0 aliphatic heterocycles. The van der Waals surface area contributed by atoms with Crippen LogP contribution in [0, 0.1) is 11.8 Å². The molecule has 1 unspecified atom stereocenters. The minimum Gasteiger partial charge on any atom is -0.345 e. The van der Waals surface area contributed by atoms with Crippen LogP contribution in [-0.4, -0.2) is 30.9 Å². The lowest BCUT2D eigenvalue weighted by atomic mass is 10.1. The van der Waals surface area contributed by atoms with E-state index in [0.29, 0.717) is 12.5 Å². The topological polar surface area (TPSA) is 46.3 Å². The predicted molar refractivity (Wildman–Crippen MR) is 53.2 cm³/mol. The monoisotopic (exact) mass is 184 g/mol. The molecule has 1 saturated carbocycles. The van der Waals surface area contributed by atoms with E-state index in [4.69, 9.17) is 5.73 Å². The van der Waals surface area contributed by atoms with Gasteiger partial charge in [-0.1, -0.05) is 6.92 Å². The molecule has 0 radical (unpaired) electrons. The Hall–Kier alpha value is -0.570. The number of rotatable bonds is 5. The first kappa shape index (κ1) is 10.5. The maximum Gasteiger partial charge on any atom is 0.225 e. The third-order valence-electron chi connectivity index (χ3n) is 2.79. The van der Waals surface area contributed by atoms with Crippen LogP contribution in [-0.2, 0) is 4.79 Å². The van der Waals surface area contributed by atoms with Gasteiger partial charge in [0.05, 0.1) is 0 Å². The summed E-state index contributed by atoms with van der Waals surface area (Å²) in [5.41, 5.74) is 5.39. The average molecular weight is 184 g/mol. The van der Waals surface area contributed by atoms with E-state index in [1.165, 1.54) is 12.8 Å². The molecule has 1 amide bonds. The van der Waals surface area contributed by atoms with E-state index in [2.05, 4.69) is 0 Å². The van der Waals surface area contributed by atoms with Gasteiger partial charge in [0, 0.05) is 19.5 Å². The Kier molecular flexibility index (Phi) is 3.72. The third kappa shape index (κ3) is 2.99. The Morgan fingerprint density at radius 3 is 2.69 bits per heavy atom. The van der Waals surface area contributed by atoms with Crippen molar-refractivity contribution in [3.63, 3.8) is 0 Å². The van der Waals surface area contributed by atoms with Gasteiger partial charge in [-0.3, -0.25) is 4.79 Å². The molecule has 0 aromatic rings. The Morgan fingerprint density at radius 2 is 2.23 bits per heavy atom. The van der Waals surface area contributed by atoms with Crippen LogP contribution < -0.4 is 5.73 Å². The molecule has 2 N–H and O–H groups in total. The normalized spacial score (nSPS) is 18.4. The Bertz CT molecular complexity index is 178. The first-order valence-electron chi connectivity index (χ1n) is 5.12. The summed E-state index contributed by atoms with van der Waals surface area (Å²) in [5.74, 6) is 1.17. The second-order valence-corrected chi connectivity index (χ2v) is 4.03. The smallest absolute Gasteiger partial charge is 0.225 e. The molecule has 3 nitrogen and oxygen atoms in total. The number of nitrogens with zero attached hydrogens (tertiary/aromatic N) is 1. The zero-order chi connectivity index (χ0) is 9.84. The number of nitrogens with two attached hydrogens (primary N) is 1. The van der Waals surface area contributed by atoms with Gasteiger partial charge < -0.3 is 10.6 Å². The Balaban J connectivity index is 2.27. The highest BCUT2D eigenvalue weighted by Crippen LogP contribution is 2.37. The summed E-state index contributed by atoms with van der Waals surface area (Å²) in [5, 5.41) is 0. The van der Waals surface area contributed by atoms with Crippen LogP contribution in [0.1, 0.15) is 26.2 Å². The molecule has 1 atom stereocenters. The van der Waals surface area contributed by atoms with Gasteiger partial charge in [-0.05, 0) is 31.7 Å². The quantitative estimate of drug-likeness (QED) is 0.688. The van der Waals surface area contributed by atoms with E-state index in [1.54, 1.807) is 0 Å². The van der Waals surface area contributed by atoms with Gasteiger partial charge in [-0.25, -0.2) is 0 Å². The highest BCUT2D eigenvalue weighted by atomic mass is 16.2. The number of amides is 1.